The van der Waals surface area contributed by atoms with Crippen molar-refractivity contribution in [3.05, 3.63) is 43.2 Å². The second-order valence-electron chi connectivity index (χ2n) is 5.37. The first-order valence-electron chi connectivity index (χ1n) is 6.95. The van der Waals surface area contributed by atoms with E-state index in [-0.39, 0.29) is 23.2 Å². The van der Waals surface area contributed by atoms with Crippen molar-refractivity contribution in [1.82, 2.24) is 4.90 Å². The van der Waals surface area contributed by atoms with Gasteiger partial charge >= 0.3 is 0 Å². The zero-order valence-electron chi connectivity index (χ0n) is 12.7. The number of nitrogens with zero attached hydrogens (tertiary/aromatic N) is 3. The molecule has 1 aliphatic heterocycles. The molecule has 0 saturated carbocycles. The standard InChI is InChI=1S/C16H13BrClN3OS.ClH/c1-21-3-2-11-12(6-19)16(23-14(11)8-21)20-7-9-4-10(17)5-13(18)15(9)22;/h4-5,7,22H,2-3,8H2,1H3;1H/b20-7+;. The van der Waals surface area contributed by atoms with E-state index in [0.717, 1.165) is 29.5 Å². The van der Waals surface area contributed by atoms with Crippen molar-refractivity contribution in [3.63, 3.8) is 0 Å². The predicted octanol–water partition coefficient (Wildman–Crippen LogP) is 4.90. The highest BCUT2D eigenvalue weighted by atomic mass is 79.9. The van der Waals surface area contributed by atoms with Crippen LogP contribution in [-0.2, 0) is 13.0 Å². The van der Waals surface area contributed by atoms with Gasteiger partial charge in [-0.15, -0.1) is 23.7 Å². The van der Waals surface area contributed by atoms with Crippen LogP contribution in [0.1, 0.15) is 21.6 Å². The molecule has 1 aromatic heterocycles. The second kappa shape index (κ2) is 7.85. The molecule has 4 nitrogen and oxygen atoms in total. The molecule has 0 spiro atoms. The molecule has 2 aromatic rings. The van der Waals surface area contributed by atoms with Crippen molar-refractivity contribution in [1.29, 1.82) is 5.26 Å². The lowest BCUT2D eigenvalue weighted by Gasteiger charge is -2.21. The summed E-state index contributed by atoms with van der Waals surface area (Å²) in [6, 6.07) is 5.63. The number of aliphatic imine (C=N–C) groups is 1. The number of phenolic OH excluding ortho intramolecular Hbond substituents is 1. The van der Waals surface area contributed by atoms with Crippen LogP contribution in [0.2, 0.25) is 5.02 Å². The molecule has 1 N–H and O–H groups in total. The summed E-state index contributed by atoms with van der Waals surface area (Å²) in [6.07, 6.45) is 2.42. The normalized spacial score (nSPS) is 14.2. The van der Waals surface area contributed by atoms with Gasteiger partial charge < -0.3 is 10.0 Å². The first-order chi connectivity index (χ1) is 11.0. The van der Waals surface area contributed by atoms with Crippen LogP contribution in [0.15, 0.2) is 21.6 Å². The molecule has 0 unspecified atom stereocenters. The summed E-state index contributed by atoms with van der Waals surface area (Å²) in [5, 5.41) is 20.4. The molecular formula is C16H14BrCl2N3OS. The Bertz CT molecular complexity index is 845. The predicted molar refractivity (Wildman–Crippen MR) is 104 cm³/mol. The molecule has 0 aliphatic carbocycles. The molecule has 2 heterocycles. The second-order valence-corrected chi connectivity index (χ2v) is 7.77. The minimum atomic E-state index is -0.0156. The summed E-state index contributed by atoms with van der Waals surface area (Å²) in [5.41, 5.74) is 2.27. The first kappa shape index (κ1) is 19.2. The maximum Gasteiger partial charge on any atom is 0.143 e. The maximum atomic E-state index is 10.0. The Morgan fingerprint density at radius 3 is 2.96 bits per heavy atom. The van der Waals surface area contributed by atoms with Crippen molar-refractivity contribution < 1.29 is 5.11 Å². The van der Waals surface area contributed by atoms with Crippen LogP contribution >= 0.6 is 51.3 Å². The highest BCUT2D eigenvalue weighted by Gasteiger charge is 2.22. The van der Waals surface area contributed by atoms with Crippen molar-refractivity contribution >= 4 is 62.5 Å². The molecule has 126 valence electrons. The summed E-state index contributed by atoms with van der Waals surface area (Å²) < 4.78 is 0.759. The molecule has 3 rings (SSSR count). The number of phenols is 1. The van der Waals surface area contributed by atoms with Crippen LogP contribution in [0.25, 0.3) is 0 Å². The number of fused-ring (bicyclic) bond motifs is 1. The molecule has 0 saturated heterocycles. The number of nitriles is 1. The number of hydrogen-bond donors (Lipinski definition) is 1. The van der Waals surface area contributed by atoms with E-state index in [9.17, 15) is 10.4 Å². The molecule has 24 heavy (non-hydrogen) atoms. The van der Waals surface area contributed by atoms with Crippen molar-refractivity contribution in [2.24, 2.45) is 4.99 Å². The molecule has 8 heteroatoms. The average Bonchev–Trinajstić information content (AvgIpc) is 2.85. The van der Waals surface area contributed by atoms with Gasteiger partial charge in [-0.3, -0.25) is 0 Å². The molecule has 0 amide bonds. The quantitative estimate of drug-likeness (QED) is 0.667. The van der Waals surface area contributed by atoms with Gasteiger partial charge in [-0.2, -0.15) is 5.26 Å². The number of benzene rings is 1. The Hall–Kier alpha value is -1.10. The van der Waals surface area contributed by atoms with Gasteiger partial charge in [0.25, 0.3) is 0 Å². The zero-order valence-corrected chi connectivity index (χ0v) is 16.7. The van der Waals surface area contributed by atoms with Gasteiger partial charge in [0.05, 0.1) is 10.6 Å². The fourth-order valence-corrected chi connectivity index (χ4v) is 4.59. The van der Waals surface area contributed by atoms with Crippen molar-refractivity contribution in [3.8, 4) is 11.8 Å². The SMILES string of the molecule is CN1CCc2c(sc(/N=C/c3cc(Br)cc(Cl)c3O)c2C#N)C1.Cl. The third kappa shape index (κ3) is 3.76. The van der Waals surface area contributed by atoms with E-state index in [1.54, 1.807) is 18.3 Å². The fourth-order valence-electron chi connectivity index (χ4n) is 2.54. The van der Waals surface area contributed by atoms with Crippen molar-refractivity contribution in [2.75, 3.05) is 13.6 Å². The van der Waals surface area contributed by atoms with E-state index in [2.05, 4.69) is 38.9 Å². The number of thiophene rings is 1. The molecule has 1 aromatic carbocycles. The number of hydrogen-bond acceptors (Lipinski definition) is 5. The van der Waals surface area contributed by atoms with Gasteiger partial charge in [-0.25, -0.2) is 4.99 Å². The summed E-state index contributed by atoms with van der Waals surface area (Å²) >= 11 is 10.8. The molecule has 0 bridgehead atoms. The lowest BCUT2D eigenvalue weighted by atomic mass is 10.0. The molecule has 0 radical (unpaired) electrons. The van der Waals surface area contributed by atoms with E-state index in [1.165, 1.54) is 16.2 Å². The highest BCUT2D eigenvalue weighted by Crippen LogP contribution is 2.38. The molecule has 1 aliphatic rings. The minimum Gasteiger partial charge on any atom is -0.506 e. The summed E-state index contributed by atoms with van der Waals surface area (Å²) in [5.74, 6) is -0.0156. The summed E-state index contributed by atoms with van der Waals surface area (Å²) in [7, 11) is 2.07. The smallest absolute Gasteiger partial charge is 0.143 e. The number of halogens is 3. The van der Waals surface area contributed by atoms with Crippen LogP contribution in [0, 0.1) is 11.3 Å². The van der Waals surface area contributed by atoms with E-state index < -0.39 is 0 Å². The van der Waals surface area contributed by atoms with Gasteiger partial charge in [-0.1, -0.05) is 27.5 Å². The minimum absolute atomic E-state index is 0. The Morgan fingerprint density at radius 2 is 2.25 bits per heavy atom. The van der Waals surface area contributed by atoms with Gasteiger partial charge in [0.15, 0.2) is 0 Å². The Balaban J connectivity index is 0.00000208. The summed E-state index contributed by atoms with van der Waals surface area (Å²) in [4.78, 5) is 7.86. The Labute approximate surface area is 163 Å². The Morgan fingerprint density at radius 1 is 1.50 bits per heavy atom. The van der Waals surface area contributed by atoms with E-state index >= 15 is 0 Å². The van der Waals surface area contributed by atoms with Gasteiger partial charge in [0, 0.05) is 34.2 Å². The molecule has 0 fully saturated rings. The largest absolute Gasteiger partial charge is 0.506 e. The lowest BCUT2D eigenvalue weighted by Crippen LogP contribution is -2.25. The van der Waals surface area contributed by atoms with E-state index in [0.29, 0.717) is 16.1 Å². The lowest BCUT2D eigenvalue weighted by molar-refractivity contribution is 0.317. The van der Waals surface area contributed by atoms with Crippen LogP contribution in [0.4, 0.5) is 5.00 Å². The van der Waals surface area contributed by atoms with Gasteiger partial charge in [-0.05, 0) is 31.2 Å². The fraction of sp³-hybridized carbons (Fsp3) is 0.250. The number of aromatic hydroxyl groups is 1. The third-order valence-electron chi connectivity index (χ3n) is 3.72. The monoisotopic (exact) mass is 445 g/mol. The van der Waals surface area contributed by atoms with Crippen LogP contribution in [-0.4, -0.2) is 29.8 Å². The van der Waals surface area contributed by atoms with Crippen LogP contribution < -0.4 is 0 Å². The highest BCUT2D eigenvalue weighted by molar-refractivity contribution is 9.10. The van der Waals surface area contributed by atoms with Crippen molar-refractivity contribution in [2.45, 2.75) is 13.0 Å². The summed E-state index contributed by atoms with van der Waals surface area (Å²) in [6.45, 7) is 1.79. The van der Waals surface area contributed by atoms with E-state index in [4.69, 9.17) is 11.6 Å². The first-order valence-corrected chi connectivity index (χ1v) is 8.93. The number of rotatable bonds is 2. The number of likely N-dealkylation sites (N-methyl/N-ethyl adjacent to an activating group) is 1. The van der Waals surface area contributed by atoms with Crippen LogP contribution in [0.3, 0.4) is 0 Å². The van der Waals surface area contributed by atoms with E-state index in [1.807, 2.05) is 0 Å². The molecule has 0 atom stereocenters. The van der Waals surface area contributed by atoms with Crippen LogP contribution in [0.5, 0.6) is 5.75 Å². The topological polar surface area (TPSA) is 59.6 Å². The maximum absolute atomic E-state index is 10.0. The van der Waals surface area contributed by atoms with Gasteiger partial charge in [0.2, 0.25) is 0 Å². The average molecular weight is 447 g/mol. The Kier molecular flexibility index (Phi) is 6.29. The van der Waals surface area contributed by atoms with Gasteiger partial charge in [0.1, 0.15) is 16.8 Å². The zero-order chi connectivity index (χ0) is 16.6. The molecular weight excluding hydrogens is 433 g/mol. The third-order valence-corrected chi connectivity index (χ3v) is 5.59.